The van der Waals surface area contributed by atoms with Crippen LogP contribution in [0.25, 0.3) is 0 Å². The summed E-state index contributed by atoms with van der Waals surface area (Å²) in [6.45, 7) is 2.00. The predicted molar refractivity (Wildman–Crippen MR) is 77.4 cm³/mol. The van der Waals surface area contributed by atoms with Crippen LogP contribution >= 0.6 is 23.1 Å². The van der Waals surface area contributed by atoms with E-state index in [2.05, 4.69) is 15.5 Å². The lowest BCUT2D eigenvalue weighted by atomic mass is 9.82. The molecule has 1 fully saturated rings. The lowest BCUT2D eigenvalue weighted by Crippen LogP contribution is -2.39. The summed E-state index contributed by atoms with van der Waals surface area (Å²) in [5.41, 5.74) is 0. The average Bonchev–Trinajstić information content (AvgIpc) is 3.13. The van der Waals surface area contributed by atoms with E-state index in [4.69, 9.17) is 4.74 Å². The Morgan fingerprint density at radius 2 is 2.10 bits per heavy atom. The predicted octanol–water partition coefficient (Wildman–Crippen LogP) is 1.24. The van der Waals surface area contributed by atoms with Crippen molar-refractivity contribution in [3.05, 3.63) is 12.2 Å². The third-order valence-electron chi connectivity index (χ3n) is 3.39. The number of amides is 1. The molecule has 0 aromatic carbocycles. The zero-order valence-electron chi connectivity index (χ0n) is 11.1. The molecule has 0 unspecified atom stereocenters. The summed E-state index contributed by atoms with van der Waals surface area (Å²) < 4.78 is 6.24. The fourth-order valence-corrected chi connectivity index (χ4v) is 4.20. The molecule has 1 aromatic heterocycles. The third-order valence-corrected chi connectivity index (χ3v) is 5.25. The lowest BCUT2D eigenvalue weighted by molar-refractivity contribution is -0.145. The van der Waals surface area contributed by atoms with Gasteiger partial charge in [0.2, 0.25) is 11.0 Å². The van der Waals surface area contributed by atoms with Gasteiger partial charge in [0.05, 0.1) is 18.1 Å². The third kappa shape index (κ3) is 2.68. The second-order valence-electron chi connectivity index (χ2n) is 4.64. The minimum Gasteiger partial charge on any atom is -0.481 e. The highest BCUT2D eigenvalue weighted by atomic mass is 32.2. The van der Waals surface area contributed by atoms with E-state index in [1.807, 2.05) is 6.92 Å². The molecule has 112 valence electrons. The Morgan fingerprint density at radius 1 is 1.38 bits per heavy atom. The summed E-state index contributed by atoms with van der Waals surface area (Å²) in [6.07, 6.45) is 2.44. The average molecular weight is 327 g/mol. The molecule has 3 heterocycles. The highest BCUT2D eigenvalue weighted by molar-refractivity contribution is 8.01. The topological polar surface area (TPSA) is 101 Å². The number of hydrogen-bond acceptors (Lipinski definition) is 7. The molecule has 2 N–H and O–H groups in total. The van der Waals surface area contributed by atoms with Crippen LogP contribution in [0, 0.1) is 11.8 Å². The van der Waals surface area contributed by atoms with E-state index in [1.54, 1.807) is 12.2 Å². The van der Waals surface area contributed by atoms with E-state index >= 15 is 0 Å². The molecule has 0 saturated carbocycles. The van der Waals surface area contributed by atoms with Gasteiger partial charge in [-0.25, -0.2) is 0 Å². The van der Waals surface area contributed by atoms with Crippen molar-refractivity contribution in [3.8, 4) is 0 Å². The number of hydrogen-bond donors (Lipinski definition) is 2. The van der Waals surface area contributed by atoms with Crippen LogP contribution in [0.2, 0.25) is 0 Å². The number of thioether (sulfide) groups is 1. The molecule has 2 bridgehead atoms. The molecule has 0 spiro atoms. The molecule has 2 aliphatic heterocycles. The maximum absolute atomic E-state index is 12.3. The van der Waals surface area contributed by atoms with Crippen LogP contribution in [0.1, 0.15) is 6.92 Å². The van der Waals surface area contributed by atoms with Crippen molar-refractivity contribution < 1.29 is 19.4 Å². The van der Waals surface area contributed by atoms with Crippen molar-refractivity contribution in [2.75, 3.05) is 11.1 Å². The summed E-state index contributed by atoms with van der Waals surface area (Å²) in [7, 11) is 0. The van der Waals surface area contributed by atoms with Crippen molar-refractivity contribution in [3.63, 3.8) is 0 Å². The molecule has 21 heavy (non-hydrogen) atoms. The van der Waals surface area contributed by atoms with Crippen LogP contribution in [0.4, 0.5) is 5.13 Å². The number of anilines is 1. The fraction of sp³-hybridized carbons (Fsp3) is 0.500. The van der Waals surface area contributed by atoms with Gasteiger partial charge in [0.15, 0.2) is 4.34 Å². The first kappa shape index (κ1) is 14.5. The minimum absolute atomic E-state index is 0.381. The maximum Gasteiger partial charge on any atom is 0.310 e. The molecule has 0 radical (unpaired) electrons. The number of carbonyl (C=O) groups excluding carboxylic acids is 1. The van der Waals surface area contributed by atoms with Crippen LogP contribution in [0.5, 0.6) is 0 Å². The van der Waals surface area contributed by atoms with E-state index in [0.717, 1.165) is 10.1 Å². The van der Waals surface area contributed by atoms with Gasteiger partial charge in [0.25, 0.3) is 0 Å². The zero-order chi connectivity index (χ0) is 15.0. The molecule has 2 aliphatic rings. The molecule has 0 aliphatic carbocycles. The molecule has 3 rings (SSSR count). The monoisotopic (exact) mass is 327 g/mol. The Kier molecular flexibility index (Phi) is 3.96. The van der Waals surface area contributed by atoms with Crippen LogP contribution in [-0.4, -0.2) is 45.1 Å². The molecule has 9 heteroatoms. The summed E-state index contributed by atoms with van der Waals surface area (Å²) in [6, 6.07) is 0. The lowest BCUT2D eigenvalue weighted by Gasteiger charge is -2.20. The van der Waals surface area contributed by atoms with Crippen molar-refractivity contribution in [1.82, 2.24) is 10.2 Å². The van der Waals surface area contributed by atoms with Crippen LogP contribution in [0.3, 0.4) is 0 Å². The summed E-state index contributed by atoms with van der Waals surface area (Å²) >= 11 is 2.81. The molecule has 4 atom stereocenters. The standard InChI is InChI=1S/C12H13N3O4S2/c1-2-20-12-15-14-11(21-12)13-9(16)7-5-3-4-6(19-5)8(7)10(17)18/h3-8H,2H2,1H3,(H,17,18)(H,13,14,16)/t5-,6+,7-,8-/m0/s1. The van der Waals surface area contributed by atoms with E-state index in [-0.39, 0.29) is 5.91 Å². The van der Waals surface area contributed by atoms with Gasteiger partial charge in [-0.05, 0) is 5.75 Å². The van der Waals surface area contributed by atoms with E-state index in [9.17, 15) is 14.7 Å². The highest BCUT2D eigenvalue weighted by Gasteiger charge is 2.53. The number of aromatic nitrogens is 2. The first-order valence-electron chi connectivity index (χ1n) is 6.44. The van der Waals surface area contributed by atoms with Gasteiger partial charge in [-0.15, -0.1) is 10.2 Å². The molecular formula is C12H13N3O4S2. The summed E-state index contributed by atoms with van der Waals surface area (Å²) in [4.78, 5) is 23.7. The summed E-state index contributed by atoms with van der Waals surface area (Å²) in [5, 5.41) is 20.1. The number of ether oxygens (including phenoxy) is 1. The fourth-order valence-electron chi connectivity index (χ4n) is 2.55. The van der Waals surface area contributed by atoms with Gasteiger partial charge in [-0.1, -0.05) is 42.2 Å². The number of fused-ring (bicyclic) bond motifs is 2. The number of rotatable bonds is 5. The Hall–Kier alpha value is -1.45. The number of nitrogens with one attached hydrogen (secondary N) is 1. The van der Waals surface area contributed by atoms with E-state index in [0.29, 0.717) is 5.13 Å². The van der Waals surface area contributed by atoms with Crippen molar-refractivity contribution in [1.29, 1.82) is 0 Å². The van der Waals surface area contributed by atoms with Gasteiger partial charge in [-0.3, -0.25) is 9.59 Å². The Morgan fingerprint density at radius 3 is 2.76 bits per heavy atom. The van der Waals surface area contributed by atoms with Gasteiger partial charge in [0, 0.05) is 0 Å². The quantitative estimate of drug-likeness (QED) is 0.476. The van der Waals surface area contributed by atoms with Gasteiger partial charge >= 0.3 is 5.97 Å². The normalized spacial score (nSPS) is 29.8. The first-order valence-corrected chi connectivity index (χ1v) is 8.24. The first-order chi connectivity index (χ1) is 10.1. The molecular weight excluding hydrogens is 314 g/mol. The zero-order valence-corrected chi connectivity index (χ0v) is 12.7. The van der Waals surface area contributed by atoms with Crippen molar-refractivity contribution >= 4 is 40.1 Å². The van der Waals surface area contributed by atoms with Crippen molar-refractivity contribution in [2.24, 2.45) is 11.8 Å². The van der Waals surface area contributed by atoms with Gasteiger partial charge in [-0.2, -0.15) is 0 Å². The van der Waals surface area contributed by atoms with Crippen LogP contribution in [-0.2, 0) is 14.3 Å². The van der Waals surface area contributed by atoms with Crippen LogP contribution in [0.15, 0.2) is 16.5 Å². The molecule has 1 amide bonds. The van der Waals surface area contributed by atoms with Crippen molar-refractivity contribution in [2.45, 2.75) is 23.5 Å². The second kappa shape index (κ2) is 5.74. The number of carboxylic acids is 1. The molecule has 1 aromatic rings. The largest absolute Gasteiger partial charge is 0.481 e. The maximum atomic E-state index is 12.3. The van der Waals surface area contributed by atoms with Gasteiger partial charge < -0.3 is 15.2 Å². The van der Waals surface area contributed by atoms with Gasteiger partial charge in [0.1, 0.15) is 5.92 Å². The number of aliphatic carboxylic acids is 1. The smallest absolute Gasteiger partial charge is 0.310 e. The Bertz CT molecular complexity index is 603. The SMILES string of the molecule is CCSc1nnc(NC(=O)[C@@H]2[C@@H](C(=O)O)[C@H]3C=C[C@@H]2O3)s1. The minimum atomic E-state index is -1.02. The number of carboxylic acid groups (broad SMARTS) is 1. The Balaban J connectivity index is 1.72. The van der Waals surface area contributed by atoms with E-state index < -0.39 is 30.0 Å². The molecule has 7 nitrogen and oxygen atoms in total. The van der Waals surface area contributed by atoms with E-state index in [1.165, 1.54) is 23.1 Å². The number of nitrogens with zero attached hydrogens (tertiary/aromatic N) is 2. The summed E-state index contributed by atoms with van der Waals surface area (Å²) in [5.74, 6) is -2.12. The molecule has 1 saturated heterocycles. The Labute approximate surface area is 128 Å². The second-order valence-corrected chi connectivity index (χ2v) is 7.12. The number of carbonyl (C=O) groups is 2. The van der Waals surface area contributed by atoms with Crippen LogP contribution < -0.4 is 5.32 Å². The highest BCUT2D eigenvalue weighted by Crippen LogP contribution is 2.40.